The van der Waals surface area contributed by atoms with Crippen LogP contribution in [0.4, 0.5) is 11.4 Å². The Morgan fingerprint density at radius 2 is 1.88 bits per heavy atom. The summed E-state index contributed by atoms with van der Waals surface area (Å²) in [5.74, 6) is 0.485. The standard InChI is InChI=1S/C19H22N2O3/c22-12-13-24-18-8-6-15(7-9-18)19(23)20-16-4-3-5-17(14-16)21-10-1-2-11-21/h3-9,14,22H,1-2,10-13H2,(H,20,23). The van der Waals surface area contributed by atoms with Crippen LogP contribution in [0, 0.1) is 0 Å². The lowest BCUT2D eigenvalue weighted by Crippen LogP contribution is -2.18. The molecule has 3 rings (SSSR count). The molecule has 5 nitrogen and oxygen atoms in total. The summed E-state index contributed by atoms with van der Waals surface area (Å²) in [6, 6.07) is 14.8. The van der Waals surface area contributed by atoms with Crippen LogP contribution in [0.5, 0.6) is 5.75 Å². The van der Waals surface area contributed by atoms with E-state index in [1.807, 2.05) is 18.2 Å². The number of hydrogen-bond acceptors (Lipinski definition) is 4. The molecule has 1 amide bonds. The summed E-state index contributed by atoms with van der Waals surface area (Å²) >= 11 is 0. The van der Waals surface area contributed by atoms with Crippen molar-refractivity contribution in [2.75, 3.05) is 36.5 Å². The summed E-state index contributed by atoms with van der Waals surface area (Å²) in [6.45, 7) is 2.36. The average Bonchev–Trinajstić information content (AvgIpc) is 3.15. The van der Waals surface area contributed by atoms with Gasteiger partial charge in [-0.1, -0.05) is 6.07 Å². The van der Waals surface area contributed by atoms with Gasteiger partial charge in [-0.15, -0.1) is 0 Å². The number of nitrogens with zero attached hydrogens (tertiary/aromatic N) is 1. The number of aliphatic hydroxyl groups excluding tert-OH is 1. The molecule has 2 aromatic carbocycles. The number of rotatable bonds is 6. The second-order valence-electron chi connectivity index (χ2n) is 5.80. The number of nitrogens with one attached hydrogen (secondary N) is 1. The molecule has 0 unspecified atom stereocenters. The van der Waals surface area contributed by atoms with Gasteiger partial charge in [-0.25, -0.2) is 0 Å². The summed E-state index contributed by atoms with van der Waals surface area (Å²) in [6.07, 6.45) is 2.45. The molecule has 0 aromatic heterocycles. The van der Waals surface area contributed by atoms with E-state index in [-0.39, 0.29) is 19.1 Å². The van der Waals surface area contributed by atoms with Crippen molar-refractivity contribution in [1.29, 1.82) is 0 Å². The van der Waals surface area contributed by atoms with Crippen LogP contribution in [0.3, 0.4) is 0 Å². The topological polar surface area (TPSA) is 61.8 Å². The number of benzene rings is 2. The molecular weight excluding hydrogens is 304 g/mol. The van der Waals surface area contributed by atoms with Crippen molar-refractivity contribution in [3.63, 3.8) is 0 Å². The number of amides is 1. The molecule has 0 bridgehead atoms. The molecule has 5 heteroatoms. The fourth-order valence-corrected chi connectivity index (χ4v) is 2.82. The molecule has 0 saturated carbocycles. The van der Waals surface area contributed by atoms with Crippen LogP contribution >= 0.6 is 0 Å². The van der Waals surface area contributed by atoms with E-state index in [4.69, 9.17) is 9.84 Å². The van der Waals surface area contributed by atoms with Crippen molar-refractivity contribution >= 4 is 17.3 Å². The molecule has 1 fully saturated rings. The molecule has 0 atom stereocenters. The summed E-state index contributed by atoms with van der Waals surface area (Å²) in [7, 11) is 0. The first kappa shape index (κ1) is 16.3. The summed E-state index contributed by atoms with van der Waals surface area (Å²) in [5, 5.41) is 11.7. The van der Waals surface area contributed by atoms with E-state index in [1.165, 1.54) is 12.8 Å². The molecule has 1 aliphatic rings. The van der Waals surface area contributed by atoms with Crippen molar-refractivity contribution in [3.05, 3.63) is 54.1 Å². The first-order valence-corrected chi connectivity index (χ1v) is 8.26. The number of hydrogen-bond donors (Lipinski definition) is 2. The molecule has 126 valence electrons. The molecule has 1 aliphatic heterocycles. The quantitative estimate of drug-likeness (QED) is 0.857. The van der Waals surface area contributed by atoms with E-state index in [9.17, 15) is 4.79 Å². The van der Waals surface area contributed by atoms with Gasteiger partial charge in [-0.2, -0.15) is 0 Å². The highest BCUT2D eigenvalue weighted by Gasteiger charge is 2.13. The van der Waals surface area contributed by atoms with E-state index in [1.54, 1.807) is 24.3 Å². The van der Waals surface area contributed by atoms with Gasteiger partial charge in [-0.3, -0.25) is 4.79 Å². The molecule has 1 heterocycles. The molecule has 24 heavy (non-hydrogen) atoms. The predicted molar refractivity (Wildman–Crippen MR) is 94.9 cm³/mol. The lowest BCUT2D eigenvalue weighted by molar-refractivity contribution is 0.102. The van der Waals surface area contributed by atoms with Gasteiger partial charge in [0.15, 0.2) is 0 Å². The van der Waals surface area contributed by atoms with Crippen LogP contribution in [0.2, 0.25) is 0 Å². The lowest BCUT2D eigenvalue weighted by Gasteiger charge is -2.18. The van der Waals surface area contributed by atoms with Crippen molar-refractivity contribution in [1.82, 2.24) is 0 Å². The van der Waals surface area contributed by atoms with Gasteiger partial charge in [-0.05, 0) is 55.3 Å². The Bertz CT molecular complexity index is 679. The SMILES string of the molecule is O=C(Nc1cccc(N2CCCC2)c1)c1ccc(OCCO)cc1. The molecular formula is C19H22N2O3. The Balaban J connectivity index is 1.64. The van der Waals surface area contributed by atoms with E-state index in [0.717, 1.165) is 24.5 Å². The van der Waals surface area contributed by atoms with Gasteiger partial charge in [0, 0.05) is 30.0 Å². The van der Waals surface area contributed by atoms with Crippen LogP contribution < -0.4 is 15.0 Å². The molecule has 0 radical (unpaired) electrons. The highest BCUT2D eigenvalue weighted by atomic mass is 16.5. The third kappa shape index (κ3) is 4.06. The zero-order valence-electron chi connectivity index (χ0n) is 13.6. The van der Waals surface area contributed by atoms with E-state index >= 15 is 0 Å². The maximum absolute atomic E-state index is 12.4. The summed E-state index contributed by atoms with van der Waals surface area (Å²) in [4.78, 5) is 14.7. The van der Waals surface area contributed by atoms with Crippen molar-refractivity contribution in [2.24, 2.45) is 0 Å². The predicted octanol–water partition coefficient (Wildman–Crippen LogP) is 2.91. The Morgan fingerprint density at radius 1 is 1.12 bits per heavy atom. The van der Waals surface area contributed by atoms with Crippen LogP contribution in [0.1, 0.15) is 23.2 Å². The van der Waals surface area contributed by atoms with Gasteiger partial charge >= 0.3 is 0 Å². The van der Waals surface area contributed by atoms with Gasteiger partial charge in [0.05, 0.1) is 6.61 Å². The largest absolute Gasteiger partial charge is 0.491 e. The molecule has 0 spiro atoms. The van der Waals surface area contributed by atoms with Crippen LogP contribution in [-0.2, 0) is 0 Å². The van der Waals surface area contributed by atoms with Crippen LogP contribution in [0.25, 0.3) is 0 Å². The fourth-order valence-electron chi connectivity index (χ4n) is 2.82. The molecule has 2 aromatic rings. The highest BCUT2D eigenvalue weighted by Crippen LogP contribution is 2.23. The fraction of sp³-hybridized carbons (Fsp3) is 0.316. The summed E-state index contributed by atoms with van der Waals surface area (Å²) in [5.41, 5.74) is 2.51. The lowest BCUT2D eigenvalue weighted by atomic mass is 10.2. The van der Waals surface area contributed by atoms with Crippen LogP contribution in [-0.4, -0.2) is 37.3 Å². The molecule has 1 saturated heterocycles. The highest BCUT2D eigenvalue weighted by molar-refractivity contribution is 6.04. The van der Waals surface area contributed by atoms with Crippen molar-refractivity contribution < 1.29 is 14.6 Å². The first-order chi connectivity index (χ1) is 11.8. The van der Waals surface area contributed by atoms with Crippen molar-refractivity contribution in [3.8, 4) is 5.75 Å². The Labute approximate surface area is 141 Å². The second-order valence-corrected chi connectivity index (χ2v) is 5.80. The maximum Gasteiger partial charge on any atom is 0.255 e. The summed E-state index contributed by atoms with van der Waals surface area (Å²) < 4.78 is 5.29. The van der Waals surface area contributed by atoms with E-state index < -0.39 is 0 Å². The van der Waals surface area contributed by atoms with Gasteiger partial charge in [0.2, 0.25) is 0 Å². The van der Waals surface area contributed by atoms with Gasteiger partial charge in [0.25, 0.3) is 5.91 Å². The Morgan fingerprint density at radius 3 is 2.58 bits per heavy atom. The minimum atomic E-state index is -0.151. The number of carbonyl (C=O) groups is 1. The zero-order valence-corrected chi connectivity index (χ0v) is 13.6. The smallest absolute Gasteiger partial charge is 0.255 e. The molecule has 2 N–H and O–H groups in total. The van der Waals surface area contributed by atoms with Gasteiger partial charge in [0.1, 0.15) is 12.4 Å². The third-order valence-electron chi connectivity index (χ3n) is 4.05. The van der Waals surface area contributed by atoms with E-state index in [0.29, 0.717) is 11.3 Å². The first-order valence-electron chi connectivity index (χ1n) is 8.26. The number of carbonyl (C=O) groups excluding carboxylic acids is 1. The second kappa shape index (κ2) is 7.84. The van der Waals surface area contributed by atoms with Crippen molar-refractivity contribution in [2.45, 2.75) is 12.8 Å². The number of aliphatic hydroxyl groups is 1. The maximum atomic E-state index is 12.4. The number of ether oxygens (including phenoxy) is 1. The van der Waals surface area contributed by atoms with Crippen LogP contribution in [0.15, 0.2) is 48.5 Å². The zero-order chi connectivity index (χ0) is 16.8. The van der Waals surface area contributed by atoms with Gasteiger partial charge < -0.3 is 20.1 Å². The number of anilines is 2. The minimum Gasteiger partial charge on any atom is -0.491 e. The molecule has 0 aliphatic carbocycles. The monoisotopic (exact) mass is 326 g/mol. The van der Waals surface area contributed by atoms with E-state index in [2.05, 4.69) is 16.3 Å². The minimum absolute atomic E-state index is 0.0321. The average molecular weight is 326 g/mol. The normalized spacial score (nSPS) is 13.8. The Kier molecular flexibility index (Phi) is 5.33. The third-order valence-corrected chi connectivity index (χ3v) is 4.05. The Hall–Kier alpha value is -2.53.